The predicted octanol–water partition coefficient (Wildman–Crippen LogP) is 3.40. The molecule has 0 aromatic heterocycles. The van der Waals surface area contributed by atoms with Crippen molar-refractivity contribution < 1.29 is 23.5 Å². The minimum atomic E-state index is -3.08. The molecule has 0 saturated heterocycles. The molecule has 0 aromatic carbocycles. The summed E-state index contributed by atoms with van der Waals surface area (Å²) in [5, 5.41) is 9.61. The molecule has 0 rings (SSSR count). The average molecular weight is 308 g/mol. The van der Waals surface area contributed by atoms with Gasteiger partial charge in [-0.2, -0.15) is 0 Å². The largest absolute Gasteiger partial charge is 0.390 e. The van der Waals surface area contributed by atoms with E-state index in [0.717, 1.165) is 19.3 Å². The number of rotatable bonds is 11. The van der Waals surface area contributed by atoms with E-state index in [2.05, 4.69) is 0 Å². The van der Waals surface area contributed by atoms with Crippen molar-refractivity contribution in [2.75, 3.05) is 20.4 Å². The Morgan fingerprint density at radius 2 is 1.85 bits per heavy atom. The van der Waals surface area contributed by atoms with Crippen LogP contribution in [0.15, 0.2) is 0 Å². The molecular weight excluding hydrogens is 279 g/mol. The third kappa shape index (κ3) is 9.65. The summed E-state index contributed by atoms with van der Waals surface area (Å²) in [6, 6.07) is 0. The highest BCUT2D eigenvalue weighted by atomic mass is 31.2. The third-order valence-corrected chi connectivity index (χ3v) is 5.17. The van der Waals surface area contributed by atoms with Crippen LogP contribution in [0.2, 0.25) is 0 Å². The molecule has 0 aromatic rings. The van der Waals surface area contributed by atoms with E-state index in [0.29, 0.717) is 6.42 Å². The summed E-state index contributed by atoms with van der Waals surface area (Å²) in [6.45, 7) is 5.60. The predicted molar refractivity (Wildman–Crippen MR) is 80.0 cm³/mol. The van der Waals surface area contributed by atoms with E-state index in [1.54, 1.807) is 13.8 Å². The molecule has 5 nitrogen and oxygen atoms in total. The second-order valence-corrected chi connectivity index (χ2v) is 8.40. The Balaban J connectivity index is 3.94. The van der Waals surface area contributed by atoms with Crippen LogP contribution >= 0.6 is 7.60 Å². The molecule has 6 heteroatoms. The fourth-order valence-corrected chi connectivity index (χ4v) is 3.03. The zero-order chi connectivity index (χ0) is 15.8. The molecule has 0 fully saturated rings. The lowest BCUT2D eigenvalue weighted by molar-refractivity contribution is -0.119. The molecule has 120 valence electrons. The third-order valence-electron chi connectivity index (χ3n) is 3.28. The summed E-state index contributed by atoms with van der Waals surface area (Å²) < 4.78 is 21.4. The number of aliphatic hydroxyl groups is 1. The first-order chi connectivity index (χ1) is 9.12. The first-order valence-corrected chi connectivity index (χ1v) is 8.79. The maximum absolute atomic E-state index is 11.8. The van der Waals surface area contributed by atoms with Crippen molar-refractivity contribution in [3.8, 4) is 0 Å². The molecule has 0 heterocycles. The Morgan fingerprint density at radius 1 is 1.30 bits per heavy atom. The minimum Gasteiger partial charge on any atom is -0.390 e. The molecule has 0 saturated carbocycles. The molecule has 0 aliphatic carbocycles. The molecule has 1 N–H and O–H groups in total. The summed E-state index contributed by atoms with van der Waals surface area (Å²) in [4.78, 5) is 11.8. The second kappa shape index (κ2) is 8.93. The van der Waals surface area contributed by atoms with Crippen molar-refractivity contribution >= 4 is 13.4 Å². The fourth-order valence-electron chi connectivity index (χ4n) is 1.99. The van der Waals surface area contributed by atoms with Crippen LogP contribution in [-0.2, 0) is 18.4 Å². The topological polar surface area (TPSA) is 72.8 Å². The van der Waals surface area contributed by atoms with Gasteiger partial charge in [-0.25, -0.2) is 0 Å². The molecule has 0 amide bonds. The van der Waals surface area contributed by atoms with Gasteiger partial charge in [0.15, 0.2) is 0 Å². The Hall–Kier alpha value is -0.220. The van der Waals surface area contributed by atoms with Crippen LogP contribution in [0.3, 0.4) is 0 Å². The van der Waals surface area contributed by atoms with Gasteiger partial charge < -0.3 is 14.2 Å². The molecule has 0 aliphatic heterocycles. The standard InChI is InChI=1S/C14H29O5P/c1-12(7-6-9-14(2,3)16)11-13(15)8-10-20(17,18-4)19-5/h12,16H,6-11H2,1-5H3. The maximum Gasteiger partial charge on any atom is 0.330 e. The number of ketones is 1. The van der Waals surface area contributed by atoms with Crippen LogP contribution in [0.5, 0.6) is 0 Å². The minimum absolute atomic E-state index is 0.0788. The van der Waals surface area contributed by atoms with E-state index >= 15 is 0 Å². The highest BCUT2D eigenvalue weighted by Gasteiger charge is 2.22. The fraction of sp³-hybridized carbons (Fsp3) is 0.929. The van der Waals surface area contributed by atoms with E-state index in [-0.39, 0.29) is 24.3 Å². The number of hydrogen-bond acceptors (Lipinski definition) is 5. The highest BCUT2D eigenvalue weighted by Crippen LogP contribution is 2.46. The van der Waals surface area contributed by atoms with Crippen molar-refractivity contribution in [2.24, 2.45) is 5.92 Å². The van der Waals surface area contributed by atoms with Gasteiger partial charge >= 0.3 is 7.60 Å². The molecule has 0 aliphatic rings. The lowest BCUT2D eigenvalue weighted by Crippen LogP contribution is -2.18. The van der Waals surface area contributed by atoms with Gasteiger partial charge in [-0.1, -0.05) is 19.8 Å². The van der Waals surface area contributed by atoms with Gasteiger partial charge in [0.1, 0.15) is 5.78 Å². The van der Waals surface area contributed by atoms with Gasteiger partial charge in [0.2, 0.25) is 0 Å². The van der Waals surface area contributed by atoms with Crippen molar-refractivity contribution in [1.82, 2.24) is 0 Å². The van der Waals surface area contributed by atoms with Crippen LogP contribution < -0.4 is 0 Å². The molecule has 0 radical (unpaired) electrons. The van der Waals surface area contributed by atoms with Crippen LogP contribution in [0.1, 0.15) is 52.9 Å². The quantitative estimate of drug-likeness (QED) is 0.592. The lowest BCUT2D eigenvalue weighted by atomic mass is 9.93. The Morgan fingerprint density at radius 3 is 2.30 bits per heavy atom. The van der Waals surface area contributed by atoms with Gasteiger partial charge in [0.05, 0.1) is 11.8 Å². The van der Waals surface area contributed by atoms with Crippen molar-refractivity contribution in [2.45, 2.75) is 58.5 Å². The maximum atomic E-state index is 11.8. The lowest BCUT2D eigenvalue weighted by Gasteiger charge is -2.18. The monoisotopic (exact) mass is 308 g/mol. The van der Waals surface area contributed by atoms with Crippen molar-refractivity contribution in [3.63, 3.8) is 0 Å². The molecule has 0 spiro atoms. The number of carbonyl (C=O) groups is 1. The zero-order valence-corrected chi connectivity index (χ0v) is 14.2. The SMILES string of the molecule is COP(=O)(CCC(=O)CC(C)CCCC(C)(C)O)OC. The zero-order valence-electron chi connectivity index (χ0n) is 13.3. The van der Waals surface area contributed by atoms with Gasteiger partial charge in [0, 0.05) is 27.1 Å². The summed E-state index contributed by atoms with van der Waals surface area (Å²) in [6.07, 6.45) is 3.35. The highest BCUT2D eigenvalue weighted by molar-refractivity contribution is 7.53. The van der Waals surface area contributed by atoms with Gasteiger partial charge in [-0.05, 0) is 26.2 Å². The first-order valence-electron chi connectivity index (χ1n) is 7.06. The van der Waals surface area contributed by atoms with Gasteiger partial charge in [-0.15, -0.1) is 0 Å². The summed E-state index contributed by atoms with van der Waals surface area (Å²) in [7, 11) is -0.421. The smallest absolute Gasteiger partial charge is 0.330 e. The van der Waals surface area contributed by atoms with Crippen molar-refractivity contribution in [3.05, 3.63) is 0 Å². The number of hydrogen-bond donors (Lipinski definition) is 1. The van der Waals surface area contributed by atoms with Crippen LogP contribution in [0.25, 0.3) is 0 Å². The van der Waals surface area contributed by atoms with Gasteiger partial charge in [-0.3, -0.25) is 9.36 Å². The second-order valence-electron chi connectivity index (χ2n) is 6.00. The number of carbonyl (C=O) groups excluding carboxylic acids is 1. The van der Waals surface area contributed by atoms with E-state index in [9.17, 15) is 14.5 Å². The van der Waals surface area contributed by atoms with Crippen LogP contribution in [-0.4, -0.2) is 36.9 Å². The van der Waals surface area contributed by atoms with Crippen LogP contribution in [0, 0.1) is 5.92 Å². The Bertz CT molecular complexity index is 327. The average Bonchev–Trinajstić information content (AvgIpc) is 2.34. The molecule has 0 bridgehead atoms. The van der Waals surface area contributed by atoms with E-state index < -0.39 is 13.2 Å². The Labute approximate surface area is 122 Å². The first kappa shape index (κ1) is 19.8. The van der Waals surface area contributed by atoms with E-state index in [4.69, 9.17) is 9.05 Å². The van der Waals surface area contributed by atoms with E-state index in [1.165, 1.54) is 14.2 Å². The molecular formula is C14H29O5P. The van der Waals surface area contributed by atoms with Crippen LogP contribution in [0.4, 0.5) is 0 Å². The summed E-state index contributed by atoms with van der Waals surface area (Å²) in [5.41, 5.74) is -0.646. The van der Waals surface area contributed by atoms with Gasteiger partial charge in [0.25, 0.3) is 0 Å². The normalized spacial score (nSPS) is 14.3. The number of Topliss-reactive ketones (excluding diaryl/α,β-unsaturated/α-hetero) is 1. The van der Waals surface area contributed by atoms with Crippen molar-refractivity contribution in [1.29, 1.82) is 0 Å². The summed E-state index contributed by atoms with van der Waals surface area (Å²) in [5.74, 6) is 0.351. The van der Waals surface area contributed by atoms with E-state index in [1.807, 2.05) is 6.92 Å². The molecule has 20 heavy (non-hydrogen) atoms. The molecule has 1 atom stereocenters. The Kier molecular flexibility index (Phi) is 8.83. The summed E-state index contributed by atoms with van der Waals surface area (Å²) >= 11 is 0. The molecule has 1 unspecified atom stereocenters.